The van der Waals surface area contributed by atoms with Gasteiger partial charge in [-0.1, -0.05) is 6.07 Å². The fourth-order valence-electron chi connectivity index (χ4n) is 3.28. The molecule has 0 aromatic heterocycles. The molecule has 0 saturated carbocycles. The molecule has 2 aliphatic heterocycles. The summed E-state index contributed by atoms with van der Waals surface area (Å²) in [5.74, 6) is 0.397. The predicted octanol–water partition coefficient (Wildman–Crippen LogP) is 2.43. The third-order valence-electron chi connectivity index (χ3n) is 4.35. The summed E-state index contributed by atoms with van der Waals surface area (Å²) in [6.07, 6.45) is -3.64. The van der Waals surface area contributed by atoms with Crippen LogP contribution in [0.3, 0.4) is 0 Å². The van der Waals surface area contributed by atoms with E-state index in [0.29, 0.717) is 12.5 Å². The van der Waals surface area contributed by atoms with Crippen LogP contribution >= 0.6 is 0 Å². The van der Waals surface area contributed by atoms with Gasteiger partial charge >= 0.3 is 6.18 Å². The molecule has 4 nitrogen and oxygen atoms in total. The Morgan fingerprint density at radius 2 is 1.91 bits per heavy atom. The largest absolute Gasteiger partial charge is 0.486 e. The third kappa shape index (κ3) is 2.63. The lowest BCUT2D eigenvalue weighted by molar-refractivity contribution is -0.139. The van der Waals surface area contributed by atoms with Crippen molar-refractivity contribution in [1.29, 1.82) is 0 Å². The number of halogens is 3. The van der Waals surface area contributed by atoms with E-state index in [1.54, 1.807) is 0 Å². The fraction of sp³-hybridized carbons (Fsp3) is 0.600. The minimum atomic E-state index is -4.45. The van der Waals surface area contributed by atoms with E-state index in [9.17, 15) is 13.2 Å². The lowest BCUT2D eigenvalue weighted by atomic mass is 9.97. The number of alkyl halides is 3. The van der Waals surface area contributed by atoms with E-state index in [2.05, 4.69) is 4.90 Å². The number of hydrogen-bond donors (Lipinski definition) is 1. The third-order valence-corrected chi connectivity index (χ3v) is 4.35. The van der Waals surface area contributed by atoms with Gasteiger partial charge in [0.2, 0.25) is 0 Å². The molecule has 0 spiro atoms. The van der Waals surface area contributed by atoms with E-state index in [1.807, 2.05) is 7.05 Å². The summed E-state index contributed by atoms with van der Waals surface area (Å²) in [4.78, 5) is 2.11. The van der Waals surface area contributed by atoms with Crippen molar-refractivity contribution < 1.29 is 22.6 Å². The molecule has 1 fully saturated rings. The van der Waals surface area contributed by atoms with Gasteiger partial charge in [-0.05, 0) is 32.0 Å². The molecule has 2 aliphatic rings. The fourth-order valence-corrected chi connectivity index (χ4v) is 3.28. The van der Waals surface area contributed by atoms with Crippen molar-refractivity contribution in [2.45, 2.75) is 18.6 Å². The van der Waals surface area contributed by atoms with Gasteiger partial charge in [0.1, 0.15) is 18.8 Å². The van der Waals surface area contributed by atoms with Gasteiger partial charge in [-0.3, -0.25) is 4.90 Å². The molecule has 3 rings (SSSR count). The Labute approximate surface area is 127 Å². The van der Waals surface area contributed by atoms with Crippen molar-refractivity contribution >= 4 is 0 Å². The van der Waals surface area contributed by atoms with Crippen LogP contribution in [0.15, 0.2) is 12.1 Å². The van der Waals surface area contributed by atoms with E-state index in [-0.39, 0.29) is 30.8 Å². The smallest absolute Gasteiger partial charge is 0.420 e. The maximum Gasteiger partial charge on any atom is 0.420 e. The number of nitrogens with two attached hydrogens (primary N) is 1. The Morgan fingerprint density at radius 3 is 2.50 bits per heavy atom. The minimum Gasteiger partial charge on any atom is -0.486 e. The van der Waals surface area contributed by atoms with Gasteiger partial charge in [0.05, 0.1) is 0 Å². The van der Waals surface area contributed by atoms with Gasteiger partial charge < -0.3 is 15.2 Å². The maximum absolute atomic E-state index is 13.1. The molecule has 0 radical (unpaired) electrons. The van der Waals surface area contributed by atoms with Gasteiger partial charge in [0.25, 0.3) is 0 Å². The molecular formula is C15H19F3N2O2. The van der Waals surface area contributed by atoms with Crippen molar-refractivity contribution in [3.63, 3.8) is 0 Å². The highest BCUT2D eigenvalue weighted by atomic mass is 19.4. The second kappa shape index (κ2) is 5.62. The number of fused-ring (bicyclic) bond motifs is 1. The summed E-state index contributed by atoms with van der Waals surface area (Å²) in [5.41, 5.74) is 5.70. The molecule has 1 saturated heterocycles. The summed E-state index contributed by atoms with van der Waals surface area (Å²) in [5, 5.41) is 0. The molecule has 2 heterocycles. The number of nitrogens with zero attached hydrogens (tertiary/aromatic N) is 1. The summed E-state index contributed by atoms with van der Waals surface area (Å²) in [6.45, 7) is 1.79. The predicted molar refractivity (Wildman–Crippen MR) is 75.0 cm³/mol. The highest BCUT2D eigenvalue weighted by Gasteiger charge is 2.40. The monoisotopic (exact) mass is 316 g/mol. The molecule has 7 heteroatoms. The first-order valence-electron chi connectivity index (χ1n) is 7.31. The zero-order valence-electron chi connectivity index (χ0n) is 12.3. The summed E-state index contributed by atoms with van der Waals surface area (Å²) in [7, 11) is 1.95. The van der Waals surface area contributed by atoms with Crippen LogP contribution in [0.4, 0.5) is 13.2 Å². The summed E-state index contributed by atoms with van der Waals surface area (Å²) in [6, 6.07) is 2.61. The molecule has 1 aromatic carbocycles. The molecule has 2 N–H and O–H groups in total. The standard InChI is InChI=1S/C15H19F3N2O2/c1-20-8-9(7-19)6-12(20)10-2-3-11(15(16,17)18)14-13(10)21-4-5-22-14/h2-3,9,12H,4-8,19H2,1H3. The van der Waals surface area contributed by atoms with Crippen molar-refractivity contribution in [3.8, 4) is 11.5 Å². The van der Waals surface area contributed by atoms with E-state index < -0.39 is 11.7 Å². The van der Waals surface area contributed by atoms with Gasteiger partial charge in [0.15, 0.2) is 11.5 Å². The molecular weight excluding hydrogens is 297 g/mol. The van der Waals surface area contributed by atoms with E-state index in [4.69, 9.17) is 15.2 Å². The Bertz CT molecular complexity index is 562. The first-order chi connectivity index (χ1) is 10.4. The van der Waals surface area contributed by atoms with E-state index >= 15 is 0 Å². The highest BCUT2D eigenvalue weighted by Crippen LogP contribution is 2.48. The van der Waals surface area contributed by atoms with Crippen LogP contribution in [0.5, 0.6) is 11.5 Å². The molecule has 2 atom stereocenters. The summed E-state index contributed by atoms with van der Waals surface area (Å²) < 4.78 is 50.2. The summed E-state index contributed by atoms with van der Waals surface area (Å²) >= 11 is 0. The quantitative estimate of drug-likeness (QED) is 0.910. The molecule has 0 aliphatic carbocycles. The number of benzene rings is 1. The van der Waals surface area contributed by atoms with E-state index in [0.717, 1.165) is 24.6 Å². The van der Waals surface area contributed by atoms with Crippen molar-refractivity contribution in [3.05, 3.63) is 23.3 Å². The highest BCUT2D eigenvalue weighted by molar-refractivity contribution is 5.55. The van der Waals surface area contributed by atoms with Crippen LogP contribution < -0.4 is 15.2 Å². The Morgan fingerprint density at radius 1 is 1.23 bits per heavy atom. The number of hydrogen-bond acceptors (Lipinski definition) is 4. The lowest BCUT2D eigenvalue weighted by Gasteiger charge is -2.28. The van der Waals surface area contributed by atoms with Crippen molar-refractivity contribution in [2.75, 3.05) is 33.4 Å². The first kappa shape index (κ1) is 15.4. The maximum atomic E-state index is 13.1. The second-order valence-electron chi connectivity index (χ2n) is 5.85. The number of ether oxygens (including phenoxy) is 2. The van der Waals surface area contributed by atoms with Gasteiger partial charge in [-0.25, -0.2) is 0 Å². The Balaban J connectivity index is 2.03. The number of rotatable bonds is 2. The van der Waals surface area contributed by atoms with Crippen LogP contribution in [0, 0.1) is 5.92 Å². The van der Waals surface area contributed by atoms with Crippen molar-refractivity contribution in [2.24, 2.45) is 11.7 Å². The molecule has 122 valence electrons. The first-order valence-corrected chi connectivity index (χ1v) is 7.31. The van der Waals surface area contributed by atoms with Crippen LogP contribution in [0.1, 0.15) is 23.6 Å². The molecule has 1 aromatic rings. The zero-order valence-corrected chi connectivity index (χ0v) is 12.3. The second-order valence-corrected chi connectivity index (χ2v) is 5.85. The van der Waals surface area contributed by atoms with E-state index in [1.165, 1.54) is 6.07 Å². The van der Waals surface area contributed by atoms with Crippen LogP contribution in [-0.4, -0.2) is 38.3 Å². The van der Waals surface area contributed by atoms with Crippen molar-refractivity contribution in [1.82, 2.24) is 4.90 Å². The molecule has 2 unspecified atom stereocenters. The van der Waals surface area contributed by atoms with Gasteiger partial charge in [0, 0.05) is 18.2 Å². The minimum absolute atomic E-state index is 0.00582. The average molecular weight is 316 g/mol. The SMILES string of the molecule is CN1CC(CN)CC1c1ccc(C(F)(F)F)c2c1OCCO2. The van der Waals surface area contributed by atoms with Gasteiger partial charge in [-0.15, -0.1) is 0 Å². The van der Waals surface area contributed by atoms with Crippen LogP contribution in [0.2, 0.25) is 0 Å². The zero-order chi connectivity index (χ0) is 15.9. The Hall–Kier alpha value is -1.47. The molecule has 0 amide bonds. The molecule has 0 bridgehead atoms. The Kier molecular flexibility index (Phi) is 3.94. The average Bonchev–Trinajstić information content (AvgIpc) is 2.86. The molecule has 22 heavy (non-hydrogen) atoms. The lowest BCUT2D eigenvalue weighted by Crippen LogP contribution is -2.24. The van der Waals surface area contributed by atoms with Crippen LogP contribution in [-0.2, 0) is 6.18 Å². The number of likely N-dealkylation sites (tertiary alicyclic amines) is 1. The normalized spacial score (nSPS) is 25.5. The van der Waals surface area contributed by atoms with Crippen LogP contribution in [0.25, 0.3) is 0 Å². The topological polar surface area (TPSA) is 47.7 Å². The van der Waals surface area contributed by atoms with Gasteiger partial charge in [-0.2, -0.15) is 13.2 Å².